The molecule has 1 atom stereocenters. The summed E-state index contributed by atoms with van der Waals surface area (Å²) < 4.78 is 0. The van der Waals surface area contributed by atoms with Gasteiger partial charge in [-0.05, 0) is 23.6 Å². The van der Waals surface area contributed by atoms with Crippen LogP contribution < -0.4 is 16.8 Å². The second-order valence-corrected chi connectivity index (χ2v) is 6.26. The molecule has 0 saturated heterocycles. The summed E-state index contributed by atoms with van der Waals surface area (Å²) in [6.45, 7) is 4.13. The van der Waals surface area contributed by atoms with Crippen LogP contribution in [0.5, 0.6) is 0 Å². The highest BCUT2D eigenvalue weighted by molar-refractivity contribution is 5.92. The lowest BCUT2D eigenvalue weighted by molar-refractivity contribution is -0.126. The lowest BCUT2D eigenvalue weighted by Gasteiger charge is -2.28. The Morgan fingerprint density at radius 3 is 2.76 bits per heavy atom. The van der Waals surface area contributed by atoms with Crippen LogP contribution in [0.1, 0.15) is 37.4 Å². The van der Waals surface area contributed by atoms with Crippen molar-refractivity contribution in [1.29, 1.82) is 0 Å². The van der Waals surface area contributed by atoms with Gasteiger partial charge in [-0.2, -0.15) is 0 Å². The van der Waals surface area contributed by atoms with Gasteiger partial charge in [-0.15, -0.1) is 0 Å². The molecule has 1 aromatic carbocycles. The molecule has 0 saturated carbocycles. The summed E-state index contributed by atoms with van der Waals surface area (Å²) in [5, 5.41) is 2.81. The van der Waals surface area contributed by atoms with Gasteiger partial charge in [0.25, 0.3) is 0 Å². The second-order valence-electron chi connectivity index (χ2n) is 6.26. The molecule has 1 aliphatic rings. The molecular weight excluding hydrogens is 268 g/mol. The summed E-state index contributed by atoms with van der Waals surface area (Å²) in [5.41, 5.74) is 13.7. The van der Waals surface area contributed by atoms with Crippen LogP contribution in [-0.4, -0.2) is 23.9 Å². The second kappa shape index (κ2) is 5.37. The van der Waals surface area contributed by atoms with E-state index in [-0.39, 0.29) is 18.0 Å². The van der Waals surface area contributed by atoms with E-state index in [0.29, 0.717) is 13.0 Å². The first kappa shape index (κ1) is 15.3. The Morgan fingerprint density at radius 1 is 1.48 bits per heavy atom. The van der Waals surface area contributed by atoms with Gasteiger partial charge in [-0.25, -0.2) is 4.79 Å². The van der Waals surface area contributed by atoms with E-state index in [9.17, 15) is 9.59 Å². The highest BCUT2D eigenvalue weighted by atomic mass is 16.2. The molecule has 0 aromatic heterocycles. The Morgan fingerprint density at radius 2 is 2.14 bits per heavy atom. The number of hydrogen-bond donors (Lipinski definition) is 3. The van der Waals surface area contributed by atoms with Crippen LogP contribution in [0.2, 0.25) is 0 Å². The Balaban J connectivity index is 2.21. The van der Waals surface area contributed by atoms with E-state index in [1.165, 1.54) is 0 Å². The number of fused-ring (bicyclic) bond motifs is 1. The minimum atomic E-state index is -0.652. The molecule has 0 aliphatic carbocycles. The Hall–Kier alpha value is -2.08. The smallest absolute Gasteiger partial charge is 0.321 e. The minimum Gasteiger partial charge on any atom is -0.369 e. The fraction of sp³-hybridized carbons (Fsp3) is 0.467. The van der Waals surface area contributed by atoms with Gasteiger partial charge >= 0.3 is 6.03 Å². The van der Waals surface area contributed by atoms with E-state index in [0.717, 1.165) is 16.8 Å². The zero-order valence-corrected chi connectivity index (χ0v) is 12.6. The van der Waals surface area contributed by atoms with Crippen LogP contribution in [-0.2, 0) is 11.3 Å². The Labute approximate surface area is 124 Å². The van der Waals surface area contributed by atoms with Crippen LogP contribution in [0.15, 0.2) is 18.2 Å². The maximum Gasteiger partial charge on any atom is 0.321 e. The molecule has 1 aromatic rings. The quantitative estimate of drug-likeness (QED) is 0.784. The fourth-order valence-electron chi connectivity index (χ4n) is 2.40. The van der Waals surface area contributed by atoms with Gasteiger partial charge < -0.3 is 21.7 Å². The Bertz CT molecular complexity index is 583. The number of benzene rings is 1. The van der Waals surface area contributed by atoms with Crippen LogP contribution in [0.4, 0.5) is 10.5 Å². The number of carbonyl (C=O) groups is 2. The molecule has 6 heteroatoms. The highest BCUT2D eigenvalue weighted by Gasteiger charge is 2.28. The van der Waals surface area contributed by atoms with Crippen LogP contribution in [0, 0.1) is 5.41 Å². The molecule has 5 N–H and O–H groups in total. The standard InChI is InChI=1S/C15H22N4O2/c1-15(2,13(17)20)7-11(16)9-4-5-12-10(6-9)8-19(3)14(21)18-12/h4-6,11H,7-8,16H2,1-3H3,(H2,17,20)(H,18,21). The van der Waals surface area contributed by atoms with Gasteiger partial charge in [0.15, 0.2) is 0 Å². The van der Waals surface area contributed by atoms with Gasteiger partial charge in [0.2, 0.25) is 5.91 Å². The van der Waals surface area contributed by atoms with E-state index in [4.69, 9.17) is 11.5 Å². The number of carbonyl (C=O) groups excluding carboxylic acids is 2. The third kappa shape index (κ3) is 3.16. The van der Waals surface area contributed by atoms with Crippen molar-refractivity contribution in [2.75, 3.05) is 12.4 Å². The van der Waals surface area contributed by atoms with Crippen molar-refractivity contribution in [1.82, 2.24) is 4.90 Å². The van der Waals surface area contributed by atoms with Gasteiger partial charge in [-0.3, -0.25) is 4.79 Å². The number of urea groups is 1. The first-order chi connectivity index (χ1) is 9.70. The van der Waals surface area contributed by atoms with Crippen molar-refractivity contribution in [3.63, 3.8) is 0 Å². The molecule has 0 spiro atoms. The third-order valence-electron chi connectivity index (χ3n) is 3.95. The van der Waals surface area contributed by atoms with Crippen molar-refractivity contribution >= 4 is 17.6 Å². The molecule has 1 unspecified atom stereocenters. The zero-order chi connectivity index (χ0) is 15.8. The van der Waals surface area contributed by atoms with Crippen molar-refractivity contribution in [3.8, 4) is 0 Å². The van der Waals surface area contributed by atoms with E-state index in [2.05, 4.69) is 5.32 Å². The SMILES string of the molecule is CN1Cc2cc(C(N)CC(C)(C)C(N)=O)ccc2NC1=O. The Kier molecular flexibility index (Phi) is 3.91. The number of nitrogens with zero attached hydrogens (tertiary/aromatic N) is 1. The molecule has 0 bridgehead atoms. The number of primary amides is 1. The number of hydrogen-bond acceptors (Lipinski definition) is 3. The summed E-state index contributed by atoms with van der Waals surface area (Å²) in [7, 11) is 1.74. The first-order valence-corrected chi connectivity index (χ1v) is 6.91. The van der Waals surface area contributed by atoms with Crippen molar-refractivity contribution < 1.29 is 9.59 Å². The predicted molar refractivity (Wildman–Crippen MR) is 81.4 cm³/mol. The van der Waals surface area contributed by atoms with Crippen molar-refractivity contribution in [2.45, 2.75) is 32.9 Å². The lowest BCUT2D eigenvalue weighted by Crippen LogP contribution is -2.36. The monoisotopic (exact) mass is 290 g/mol. The summed E-state index contributed by atoms with van der Waals surface area (Å²) >= 11 is 0. The maximum absolute atomic E-state index is 11.6. The number of amides is 3. The topological polar surface area (TPSA) is 101 Å². The third-order valence-corrected chi connectivity index (χ3v) is 3.95. The molecule has 21 heavy (non-hydrogen) atoms. The molecule has 0 fully saturated rings. The molecule has 0 radical (unpaired) electrons. The summed E-state index contributed by atoms with van der Waals surface area (Å²) in [4.78, 5) is 24.6. The molecule has 2 rings (SSSR count). The van der Waals surface area contributed by atoms with Crippen molar-refractivity contribution in [2.24, 2.45) is 16.9 Å². The van der Waals surface area contributed by atoms with Crippen molar-refractivity contribution in [3.05, 3.63) is 29.3 Å². The van der Waals surface area contributed by atoms with E-state index >= 15 is 0 Å². The largest absolute Gasteiger partial charge is 0.369 e. The summed E-state index contributed by atoms with van der Waals surface area (Å²) in [6.07, 6.45) is 0.476. The number of nitrogens with one attached hydrogen (secondary N) is 1. The van der Waals surface area contributed by atoms with E-state index in [1.807, 2.05) is 18.2 Å². The normalized spacial score (nSPS) is 16.2. The van der Waals surface area contributed by atoms with Crippen LogP contribution >= 0.6 is 0 Å². The number of rotatable bonds is 4. The van der Waals surface area contributed by atoms with Crippen LogP contribution in [0.3, 0.4) is 0 Å². The molecular formula is C15H22N4O2. The fourth-order valence-corrected chi connectivity index (χ4v) is 2.40. The van der Waals surface area contributed by atoms with Gasteiger partial charge in [-0.1, -0.05) is 26.0 Å². The summed E-state index contributed by atoms with van der Waals surface area (Å²) in [6, 6.07) is 5.32. The molecule has 1 heterocycles. The first-order valence-electron chi connectivity index (χ1n) is 6.91. The average molecular weight is 290 g/mol. The maximum atomic E-state index is 11.6. The minimum absolute atomic E-state index is 0.116. The van der Waals surface area contributed by atoms with E-state index < -0.39 is 5.41 Å². The zero-order valence-electron chi connectivity index (χ0n) is 12.6. The predicted octanol–water partition coefficient (Wildman–Crippen LogP) is 1.57. The van der Waals surface area contributed by atoms with Gasteiger partial charge in [0, 0.05) is 30.7 Å². The number of nitrogens with two attached hydrogens (primary N) is 2. The lowest BCUT2D eigenvalue weighted by atomic mass is 9.83. The molecule has 1 aliphatic heterocycles. The van der Waals surface area contributed by atoms with Gasteiger partial charge in [0.05, 0.1) is 0 Å². The summed E-state index contributed by atoms with van der Waals surface area (Å²) in [5.74, 6) is -0.358. The number of anilines is 1. The van der Waals surface area contributed by atoms with Gasteiger partial charge in [0.1, 0.15) is 0 Å². The average Bonchev–Trinajstić information content (AvgIpc) is 2.38. The molecule has 3 amide bonds. The molecule has 6 nitrogen and oxygen atoms in total. The van der Waals surface area contributed by atoms with E-state index in [1.54, 1.807) is 25.8 Å². The highest BCUT2D eigenvalue weighted by Crippen LogP contribution is 2.31. The van der Waals surface area contributed by atoms with Crippen LogP contribution in [0.25, 0.3) is 0 Å². The molecule has 114 valence electrons.